The number of anilines is 1. The number of hydrogen-bond acceptors (Lipinski definition) is 2. The van der Waals surface area contributed by atoms with E-state index in [2.05, 4.69) is 35.1 Å². The van der Waals surface area contributed by atoms with Crippen LogP contribution in [0.4, 0.5) is 10.1 Å². The highest BCUT2D eigenvalue weighted by molar-refractivity contribution is 9.10. The van der Waals surface area contributed by atoms with E-state index in [-0.39, 0.29) is 11.4 Å². The molecule has 1 heterocycles. The fraction of sp³-hybridized carbons (Fsp3) is 0.600. The van der Waals surface area contributed by atoms with E-state index in [9.17, 15) is 4.39 Å². The molecule has 106 valence electrons. The zero-order valence-electron chi connectivity index (χ0n) is 11.7. The number of halogens is 2. The van der Waals surface area contributed by atoms with Gasteiger partial charge < -0.3 is 10.1 Å². The molecule has 0 aliphatic carbocycles. The van der Waals surface area contributed by atoms with Gasteiger partial charge in [0, 0.05) is 18.3 Å². The van der Waals surface area contributed by atoms with Gasteiger partial charge in [-0.2, -0.15) is 0 Å². The van der Waals surface area contributed by atoms with Crippen molar-refractivity contribution in [3.8, 4) is 0 Å². The first kappa shape index (κ1) is 14.8. The van der Waals surface area contributed by atoms with Gasteiger partial charge in [0.15, 0.2) is 0 Å². The van der Waals surface area contributed by atoms with Crippen LogP contribution in [0.2, 0.25) is 0 Å². The van der Waals surface area contributed by atoms with Crippen molar-refractivity contribution in [2.24, 2.45) is 0 Å². The second-order valence-corrected chi connectivity index (χ2v) is 6.42. The minimum Gasteiger partial charge on any atom is -0.382 e. The maximum atomic E-state index is 13.6. The molecule has 2 nitrogen and oxygen atoms in total. The first-order valence-corrected chi connectivity index (χ1v) is 7.59. The zero-order chi connectivity index (χ0) is 14.0. The molecule has 2 rings (SSSR count). The highest BCUT2D eigenvalue weighted by atomic mass is 79.9. The van der Waals surface area contributed by atoms with Crippen LogP contribution in [0.15, 0.2) is 16.6 Å². The van der Waals surface area contributed by atoms with E-state index in [1.807, 2.05) is 13.0 Å². The van der Waals surface area contributed by atoms with E-state index in [1.54, 1.807) is 6.07 Å². The standard InChI is InChI=1S/C15H21BrFNO/c1-4-15(3)9-11(5-6-19-15)18-14-8-13(17)12(16)7-10(14)2/h7-8,11,18H,4-6,9H2,1-3H3. The Labute approximate surface area is 122 Å². The lowest BCUT2D eigenvalue weighted by Crippen LogP contribution is -2.42. The summed E-state index contributed by atoms with van der Waals surface area (Å²) in [6.07, 6.45) is 2.92. The Balaban J connectivity index is 2.11. The number of rotatable bonds is 3. The minimum absolute atomic E-state index is 0.0578. The third-order valence-corrected chi connectivity index (χ3v) is 4.58. The first-order valence-electron chi connectivity index (χ1n) is 6.79. The summed E-state index contributed by atoms with van der Waals surface area (Å²) in [5.74, 6) is -0.224. The zero-order valence-corrected chi connectivity index (χ0v) is 13.3. The largest absolute Gasteiger partial charge is 0.382 e. The van der Waals surface area contributed by atoms with Crippen LogP contribution in [0.5, 0.6) is 0 Å². The Kier molecular flexibility index (Phi) is 4.51. The van der Waals surface area contributed by atoms with Gasteiger partial charge in [0.1, 0.15) is 5.82 Å². The molecule has 0 amide bonds. The molecule has 0 spiro atoms. The Morgan fingerprint density at radius 3 is 2.95 bits per heavy atom. The van der Waals surface area contributed by atoms with E-state index in [0.29, 0.717) is 10.5 Å². The molecule has 4 heteroatoms. The van der Waals surface area contributed by atoms with Gasteiger partial charge in [-0.3, -0.25) is 0 Å². The second kappa shape index (κ2) is 5.80. The van der Waals surface area contributed by atoms with Crippen LogP contribution < -0.4 is 5.32 Å². The average molecular weight is 330 g/mol. The lowest BCUT2D eigenvalue weighted by Gasteiger charge is -2.38. The van der Waals surface area contributed by atoms with E-state index in [4.69, 9.17) is 4.74 Å². The molecule has 19 heavy (non-hydrogen) atoms. The molecule has 0 aromatic heterocycles. The molecule has 0 saturated carbocycles. The predicted octanol–water partition coefficient (Wildman–Crippen LogP) is 4.66. The van der Waals surface area contributed by atoms with Gasteiger partial charge >= 0.3 is 0 Å². The van der Waals surface area contributed by atoms with Crippen LogP contribution in [0, 0.1) is 12.7 Å². The van der Waals surface area contributed by atoms with Gasteiger partial charge in [0.05, 0.1) is 10.1 Å². The summed E-state index contributed by atoms with van der Waals surface area (Å²) in [6.45, 7) is 7.05. The van der Waals surface area contributed by atoms with Crippen molar-refractivity contribution in [1.82, 2.24) is 0 Å². The molecule has 0 bridgehead atoms. The van der Waals surface area contributed by atoms with Crippen LogP contribution >= 0.6 is 15.9 Å². The first-order chi connectivity index (χ1) is 8.93. The minimum atomic E-state index is -0.224. The SMILES string of the molecule is CCC1(C)CC(Nc2cc(F)c(Br)cc2C)CCO1. The number of aryl methyl sites for hydroxylation is 1. The van der Waals surface area contributed by atoms with Gasteiger partial charge in [0.25, 0.3) is 0 Å². The molecular formula is C15H21BrFNO. The summed E-state index contributed by atoms with van der Waals surface area (Å²) in [5.41, 5.74) is 1.88. The van der Waals surface area contributed by atoms with Crippen LogP contribution in [-0.2, 0) is 4.74 Å². The van der Waals surface area contributed by atoms with E-state index >= 15 is 0 Å². The van der Waals surface area contributed by atoms with Crippen LogP contribution in [0.3, 0.4) is 0 Å². The third-order valence-electron chi connectivity index (χ3n) is 3.97. The van der Waals surface area contributed by atoms with Crippen LogP contribution in [0.25, 0.3) is 0 Å². The molecule has 1 aromatic rings. The number of benzene rings is 1. The van der Waals surface area contributed by atoms with E-state index in [0.717, 1.165) is 37.1 Å². The molecule has 1 aliphatic heterocycles. The summed E-state index contributed by atoms with van der Waals surface area (Å²) in [7, 11) is 0. The van der Waals surface area contributed by atoms with Gasteiger partial charge in [0.2, 0.25) is 0 Å². The Morgan fingerprint density at radius 2 is 2.26 bits per heavy atom. The number of ether oxygens (including phenoxy) is 1. The monoisotopic (exact) mass is 329 g/mol. The Bertz CT molecular complexity index is 466. The molecule has 2 unspecified atom stereocenters. The molecule has 1 saturated heterocycles. The molecular weight excluding hydrogens is 309 g/mol. The fourth-order valence-corrected chi connectivity index (χ4v) is 2.98. The Morgan fingerprint density at radius 1 is 1.53 bits per heavy atom. The quantitative estimate of drug-likeness (QED) is 0.871. The van der Waals surface area contributed by atoms with Crippen molar-refractivity contribution in [3.05, 3.63) is 28.0 Å². The van der Waals surface area contributed by atoms with Crippen molar-refractivity contribution in [2.45, 2.75) is 51.7 Å². The maximum Gasteiger partial charge on any atom is 0.139 e. The fourth-order valence-electron chi connectivity index (χ4n) is 2.52. The molecule has 1 aliphatic rings. The highest BCUT2D eigenvalue weighted by Gasteiger charge is 2.31. The maximum absolute atomic E-state index is 13.6. The second-order valence-electron chi connectivity index (χ2n) is 5.57. The van der Waals surface area contributed by atoms with Crippen LogP contribution in [-0.4, -0.2) is 18.2 Å². The molecule has 1 N–H and O–H groups in total. The molecule has 1 fully saturated rings. The third kappa shape index (κ3) is 3.48. The summed E-state index contributed by atoms with van der Waals surface area (Å²) in [4.78, 5) is 0. The van der Waals surface area contributed by atoms with Crippen molar-refractivity contribution in [2.75, 3.05) is 11.9 Å². The Hall–Kier alpha value is -0.610. The number of nitrogens with one attached hydrogen (secondary N) is 1. The van der Waals surface area contributed by atoms with Gasteiger partial charge in [-0.15, -0.1) is 0 Å². The summed E-state index contributed by atoms with van der Waals surface area (Å²) >= 11 is 3.21. The molecule has 2 atom stereocenters. The molecule has 1 aromatic carbocycles. The van der Waals surface area contributed by atoms with Crippen molar-refractivity contribution >= 4 is 21.6 Å². The van der Waals surface area contributed by atoms with E-state index in [1.165, 1.54) is 0 Å². The number of hydrogen-bond donors (Lipinski definition) is 1. The topological polar surface area (TPSA) is 21.3 Å². The predicted molar refractivity (Wildman–Crippen MR) is 80.1 cm³/mol. The van der Waals surface area contributed by atoms with Crippen LogP contribution in [0.1, 0.15) is 38.7 Å². The smallest absolute Gasteiger partial charge is 0.139 e. The lowest BCUT2D eigenvalue weighted by molar-refractivity contribution is -0.0708. The highest BCUT2D eigenvalue weighted by Crippen LogP contribution is 2.31. The molecule has 0 radical (unpaired) electrons. The van der Waals surface area contributed by atoms with Gasteiger partial charge in [-0.25, -0.2) is 4.39 Å². The average Bonchev–Trinajstić information content (AvgIpc) is 2.36. The van der Waals surface area contributed by atoms with Gasteiger partial charge in [-0.1, -0.05) is 6.92 Å². The van der Waals surface area contributed by atoms with Crippen molar-refractivity contribution in [3.63, 3.8) is 0 Å². The van der Waals surface area contributed by atoms with Crippen molar-refractivity contribution in [1.29, 1.82) is 0 Å². The summed E-state index contributed by atoms with van der Waals surface area (Å²) < 4.78 is 20.0. The lowest BCUT2D eigenvalue weighted by atomic mass is 9.89. The van der Waals surface area contributed by atoms with Crippen molar-refractivity contribution < 1.29 is 9.13 Å². The van der Waals surface area contributed by atoms with Gasteiger partial charge in [-0.05, 0) is 66.7 Å². The summed E-state index contributed by atoms with van der Waals surface area (Å²) in [6, 6.07) is 3.73. The summed E-state index contributed by atoms with van der Waals surface area (Å²) in [5, 5.41) is 3.47. The van der Waals surface area contributed by atoms with E-state index < -0.39 is 0 Å². The normalized spacial score (nSPS) is 27.3.